The zero-order valence-corrected chi connectivity index (χ0v) is 7.23. The fraction of sp³-hybridized carbons (Fsp3) is 0.333. The number of nitriles is 1. The molecule has 3 heteroatoms. The Morgan fingerprint density at radius 3 is 3.08 bits per heavy atom. The number of hydrogen-bond acceptors (Lipinski definition) is 2. The lowest BCUT2D eigenvalue weighted by Crippen LogP contribution is -1.91. The van der Waals surface area contributed by atoms with Gasteiger partial charge in [0.05, 0.1) is 10.6 Å². The normalized spacial score (nSPS) is 14.0. The molecule has 0 atom stereocenters. The Morgan fingerprint density at radius 2 is 2.33 bits per heavy atom. The van der Waals surface area contributed by atoms with Gasteiger partial charge < -0.3 is 0 Å². The molecular formula is C9H7ClN2. The van der Waals surface area contributed by atoms with Crippen LogP contribution in [-0.2, 0) is 12.8 Å². The van der Waals surface area contributed by atoms with Crippen molar-refractivity contribution in [3.63, 3.8) is 0 Å². The maximum absolute atomic E-state index is 8.68. The van der Waals surface area contributed by atoms with Crippen molar-refractivity contribution in [3.8, 4) is 6.07 Å². The Labute approximate surface area is 75.8 Å². The molecule has 0 unspecified atom stereocenters. The summed E-state index contributed by atoms with van der Waals surface area (Å²) in [6.07, 6.45) is 4.64. The second-order valence-electron chi connectivity index (χ2n) is 2.88. The van der Waals surface area contributed by atoms with Gasteiger partial charge in [0, 0.05) is 11.9 Å². The van der Waals surface area contributed by atoms with Crippen LogP contribution in [-0.4, -0.2) is 4.98 Å². The molecule has 0 saturated carbocycles. The van der Waals surface area contributed by atoms with Crippen molar-refractivity contribution in [2.45, 2.75) is 19.3 Å². The summed E-state index contributed by atoms with van der Waals surface area (Å²) in [6.45, 7) is 0. The minimum atomic E-state index is 0.498. The van der Waals surface area contributed by atoms with E-state index in [0.29, 0.717) is 10.6 Å². The summed E-state index contributed by atoms with van der Waals surface area (Å²) in [4.78, 5) is 4.18. The molecule has 0 N–H and O–H groups in total. The molecule has 1 aromatic heterocycles. The summed E-state index contributed by atoms with van der Waals surface area (Å²) in [5.74, 6) is 0. The van der Waals surface area contributed by atoms with Gasteiger partial charge in [0.1, 0.15) is 6.07 Å². The minimum absolute atomic E-state index is 0.498. The van der Waals surface area contributed by atoms with Gasteiger partial charge in [0.15, 0.2) is 0 Å². The predicted molar refractivity (Wildman–Crippen MR) is 46.0 cm³/mol. The smallest absolute Gasteiger partial charge is 0.102 e. The highest BCUT2D eigenvalue weighted by molar-refractivity contribution is 6.32. The van der Waals surface area contributed by atoms with Crippen LogP contribution in [0.4, 0.5) is 0 Å². The summed E-state index contributed by atoms with van der Waals surface area (Å²) < 4.78 is 0. The van der Waals surface area contributed by atoms with Gasteiger partial charge in [0.2, 0.25) is 0 Å². The third kappa shape index (κ3) is 0.981. The SMILES string of the molecule is N#Cc1cnc2c(c1Cl)CCC2. The van der Waals surface area contributed by atoms with Crippen molar-refractivity contribution in [1.29, 1.82) is 5.26 Å². The molecule has 0 saturated heterocycles. The van der Waals surface area contributed by atoms with Crippen LogP contribution in [0.5, 0.6) is 0 Å². The van der Waals surface area contributed by atoms with E-state index in [1.54, 1.807) is 6.20 Å². The molecule has 0 spiro atoms. The molecule has 60 valence electrons. The lowest BCUT2D eigenvalue weighted by molar-refractivity contribution is 0.899. The molecule has 1 heterocycles. The Morgan fingerprint density at radius 1 is 1.50 bits per heavy atom. The number of hydrogen-bond donors (Lipinski definition) is 0. The topological polar surface area (TPSA) is 36.7 Å². The maximum Gasteiger partial charge on any atom is 0.102 e. The number of rotatable bonds is 0. The van der Waals surface area contributed by atoms with Crippen LogP contribution in [0.1, 0.15) is 23.2 Å². The number of pyridine rings is 1. The maximum atomic E-state index is 8.68. The van der Waals surface area contributed by atoms with Gasteiger partial charge in [-0.15, -0.1) is 0 Å². The van der Waals surface area contributed by atoms with Crippen molar-refractivity contribution in [2.24, 2.45) is 0 Å². The van der Waals surface area contributed by atoms with Gasteiger partial charge in [-0.2, -0.15) is 5.26 Å². The van der Waals surface area contributed by atoms with Gasteiger partial charge in [-0.25, -0.2) is 0 Å². The van der Waals surface area contributed by atoms with Gasteiger partial charge in [-0.1, -0.05) is 11.6 Å². The van der Waals surface area contributed by atoms with Crippen molar-refractivity contribution < 1.29 is 0 Å². The molecule has 2 nitrogen and oxygen atoms in total. The van der Waals surface area contributed by atoms with E-state index in [2.05, 4.69) is 4.98 Å². The monoisotopic (exact) mass is 178 g/mol. The number of aromatic nitrogens is 1. The second kappa shape index (κ2) is 2.76. The lowest BCUT2D eigenvalue weighted by atomic mass is 10.2. The average Bonchev–Trinajstić information content (AvgIpc) is 2.53. The molecule has 0 aliphatic heterocycles. The summed E-state index contributed by atoms with van der Waals surface area (Å²) in [5, 5.41) is 9.29. The van der Waals surface area contributed by atoms with Crippen LogP contribution in [0.25, 0.3) is 0 Å². The zero-order valence-electron chi connectivity index (χ0n) is 6.47. The van der Waals surface area contributed by atoms with E-state index in [1.807, 2.05) is 6.07 Å². The lowest BCUT2D eigenvalue weighted by Gasteiger charge is -2.01. The number of fused-ring (bicyclic) bond motifs is 1. The third-order valence-electron chi connectivity index (χ3n) is 2.16. The molecule has 1 aromatic rings. The first-order chi connectivity index (χ1) is 5.83. The first kappa shape index (κ1) is 7.57. The minimum Gasteiger partial charge on any atom is -0.260 e. The highest BCUT2D eigenvalue weighted by Gasteiger charge is 2.17. The van der Waals surface area contributed by atoms with Crippen molar-refractivity contribution in [1.82, 2.24) is 4.98 Å². The number of nitrogens with zero attached hydrogens (tertiary/aromatic N) is 2. The van der Waals surface area contributed by atoms with Crippen molar-refractivity contribution >= 4 is 11.6 Å². The molecule has 1 aliphatic carbocycles. The summed E-state index contributed by atoms with van der Waals surface area (Å²) >= 11 is 5.99. The van der Waals surface area contributed by atoms with E-state index >= 15 is 0 Å². The quantitative estimate of drug-likeness (QED) is 0.610. The van der Waals surface area contributed by atoms with Gasteiger partial charge in [-0.3, -0.25) is 4.98 Å². The fourth-order valence-electron chi connectivity index (χ4n) is 1.55. The van der Waals surface area contributed by atoms with Gasteiger partial charge in [0.25, 0.3) is 0 Å². The fourth-order valence-corrected chi connectivity index (χ4v) is 1.84. The van der Waals surface area contributed by atoms with Crippen molar-refractivity contribution in [2.75, 3.05) is 0 Å². The van der Waals surface area contributed by atoms with E-state index < -0.39 is 0 Å². The Kier molecular flexibility index (Phi) is 1.74. The molecule has 2 rings (SSSR count). The largest absolute Gasteiger partial charge is 0.260 e. The van der Waals surface area contributed by atoms with Crippen molar-refractivity contribution in [3.05, 3.63) is 28.0 Å². The van der Waals surface area contributed by atoms with Crippen LogP contribution in [0.2, 0.25) is 5.02 Å². The average molecular weight is 179 g/mol. The van der Waals surface area contributed by atoms with E-state index in [-0.39, 0.29) is 0 Å². The zero-order chi connectivity index (χ0) is 8.55. The summed E-state index contributed by atoms with van der Waals surface area (Å²) in [7, 11) is 0. The Balaban J connectivity index is 2.63. The van der Waals surface area contributed by atoms with E-state index in [1.165, 1.54) is 0 Å². The van der Waals surface area contributed by atoms with E-state index in [4.69, 9.17) is 16.9 Å². The Hall–Kier alpha value is -1.07. The summed E-state index contributed by atoms with van der Waals surface area (Å²) in [5.41, 5.74) is 2.65. The molecule has 0 aromatic carbocycles. The van der Waals surface area contributed by atoms with Gasteiger partial charge >= 0.3 is 0 Å². The third-order valence-corrected chi connectivity index (χ3v) is 2.59. The molecule has 0 amide bonds. The predicted octanol–water partition coefficient (Wildman–Crippen LogP) is 2.10. The summed E-state index contributed by atoms with van der Waals surface area (Å²) in [6, 6.07) is 2.03. The number of aryl methyl sites for hydroxylation is 1. The highest BCUT2D eigenvalue weighted by atomic mass is 35.5. The van der Waals surface area contributed by atoms with Crippen LogP contribution < -0.4 is 0 Å². The molecule has 0 bridgehead atoms. The highest BCUT2D eigenvalue weighted by Crippen LogP contribution is 2.29. The second-order valence-corrected chi connectivity index (χ2v) is 3.25. The molecular weight excluding hydrogens is 172 g/mol. The van der Waals surface area contributed by atoms with E-state index in [9.17, 15) is 0 Å². The molecule has 1 aliphatic rings. The number of halogens is 1. The van der Waals surface area contributed by atoms with Crippen LogP contribution >= 0.6 is 11.6 Å². The molecule has 12 heavy (non-hydrogen) atoms. The van der Waals surface area contributed by atoms with Crippen LogP contribution in [0, 0.1) is 11.3 Å². The van der Waals surface area contributed by atoms with Crippen LogP contribution in [0.15, 0.2) is 6.20 Å². The van der Waals surface area contributed by atoms with Gasteiger partial charge in [-0.05, 0) is 24.8 Å². The molecule has 0 radical (unpaired) electrons. The first-order valence-electron chi connectivity index (χ1n) is 3.89. The molecule has 0 fully saturated rings. The van der Waals surface area contributed by atoms with E-state index in [0.717, 1.165) is 30.5 Å². The standard InChI is InChI=1S/C9H7ClN2/c10-9-6(4-11)5-12-8-3-1-2-7(8)9/h5H,1-3H2. The van der Waals surface area contributed by atoms with Crippen LogP contribution in [0.3, 0.4) is 0 Å². The first-order valence-corrected chi connectivity index (χ1v) is 4.27. The Bertz CT molecular complexity index is 366.